The second-order valence-electron chi connectivity index (χ2n) is 3.58. The topological polar surface area (TPSA) is 110 Å². The minimum absolute atomic E-state index is 0.104. The summed E-state index contributed by atoms with van der Waals surface area (Å²) in [5, 5.41) is 23.0. The summed E-state index contributed by atoms with van der Waals surface area (Å²) >= 11 is 2.30. The first-order chi connectivity index (χ1) is 8.95. The summed E-state index contributed by atoms with van der Waals surface area (Å²) in [4.78, 5) is 32.6. The molecule has 0 saturated heterocycles. The number of carbonyl (C=O) groups is 2. The van der Waals surface area contributed by atoms with Crippen molar-refractivity contribution in [2.75, 3.05) is 12.0 Å². The van der Waals surface area contributed by atoms with Crippen molar-refractivity contribution in [3.05, 3.63) is 27.1 Å². The van der Waals surface area contributed by atoms with E-state index in [2.05, 4.69) is 5.32 Å². The van der Waals surface area contributed by atoms with Gasteiger partial charge in [-0.2, -0.15) is 11.8 Å². The minimum atomic E-state index is -1.12. The molecule has 7 nitrogen and oxygen atoms in total. The lowest BCUT2D eigenvalue weighted by Gasteiger charge is -2.12. The molecule has 9 heteroatoms. The Balaban J connectivity index is 2.70. The standard InChI is InChI=1S/C10H12N2O5S2/c1-18-3-2-7(10(14)15)11-9(13)6-4-8(12(16)17)19-5-6/h4-5,7H,2-3H2,1H3,(H,11,13)(H,14,15)/t7-/m0/s1. The summed E-state index contributed by atoms with van der Waals surface area (Å²) in [5.74, 6) is -1.13. The Kier molecular flexibility index (Phi) is 5.77. The Morgan fingerprint density at radius 2 is 2.32 bits per heavy atom. The Bertz CT molecular complexity index is 488. The molecule has 1 aromatic heterocycles. The lowest BCUT2D eigenvalue weighted by Crippen LogP contribution is -2.41. The van der Waals surface area contributed by atoms with Crippen molar-refractivity contribution in [1.29, 1.82) is 0 Å². The van der Waals surface area contributed by atoms with E-state index in [1.54, 1.807) is 0 Å². The Hall–Kier alpha value is -1.61. The van der Waals surface area contributed by atoms with Crippen LogP contribution in [0.25, 0.3) is 0 Å². The average molecular weight is 304 g/mol. The van der Waals surface area contributed by atoms with E-state index in [9.17, 15) is 19.7 Å². The van der Waals surface area contributed by atoms with Gasteiger partial charge in [0.05, 0.1) is 10.5 Å². The molecule has 0 unspecified atom stereocenters. The van der Waals surface area contributed by atoms with Crippen LogP contribution in [-0.4, -0.2) is 40.0 Å². The molecule has 0 aliphatic carbocycles. The molecule has 0 radical (unpaired) electrons. The number of carboxylic acid groups (broad SMARTS) is 1. The van der Waals surface area contributed by atoms with Crippen molar-refractivity contribution in [2.24, 2.45) is 0 Å². The van der Waals surface area contributed by atoms with Gasteiger partial charge in [-0.15, -0.1) is 0 Å². The second-order valence-corrected chi connectivity index (χ2v) is 5.45. The zero-order valence-electron chi connectivity index (χ0n) is 9.99. The van der Waals surface area contributed by atoms with Crippen LogP contribution in [0.2, 0.25) is 0 Å². The first-order valence-electron chi connectivity index (χ1n) is 5.21. The number of carboxylic acids is 1. The van der Waals surface area contributed by atoms with Gasteiger partial charge >= 0.3 is 11.0 Å². The highest BCUT2D eigenvalue weighted by atomic mass is 32.2. The van der Waals surface area contributed by atoms with Crippen molar-refractivity contribution < 1.29 is 19.6 Å². The number of hydrogen-bond donors (Lipinski definition) is 2. The van der Waals surface area contributed by atoms with E-state index in [1.807, 2.05) is 6.26 Å². The molecular weight excluding hydrogens is 292 g/mol. The monoisotopic (exact) mass is 304 g/mol. The normalized spacial score (nSPS) is 11.8. The predicted octanol–water partition coefficient (Wildman–Crippen LogP) is 1.59. The van der Waals surface area contributed by atoms with Crippen molar-refractivity contribution in [2.45, 2.75) is 12.5 Å². The number of rotatable bonds is 7. The van der Waals surface area contributed by atoms with Gasteiger partial charge in [-0.05, 0) is 18.4 Å². The van der Waals surface area contributed by atoms with Gasteiger partial charge in [0.2, 0.25) is 0 Å². The maximum atomic E-state index is 11.8. The van der Waals surface area contributed by atoms with Crippen molar-refractivity contribution in [3.63, 3.8) is 0 Å². The van der Waals surface area contributed by atoms with Gasteiger partial charge in [0, 0.05) is 11.4 Å². The van der Waals surface area contributed by atoms with Crippen LogP contribution in [0.15, 0.2) is 11.4 Å². The fraction of sp³-hybridized carbons (Fsp3) is 0.400. The molecule has 0 aromatic carbocycles. The first kappa shape index (κ1) is 15.4. The fourth-order valence-corrected chi connectivity index (χ4v) is 2.45. The van der Waals surface area contributed by atoms with E-state index in [4.69, 9.17) is 5.11 Å². The van der Waals surface area contributed by atoms with E-state index in [0.717, 1.165) is 17.4 Å². The highest BCUT2D eigenvalue weighted by molar-refractivity contribution is 7.98. The maximum Gasteiger partial charge on any atom is 0.326 e. The number of thiophene rings is 1. The molecule has 1 heterocycles. The van der Waals surface area contributed by atoms with Gasteiger partial charge in [-0.1, -0.05) is 11.3 Å². The van der Waals surface area contributed by atoms with Crippen molar-refractivity contribution in [3.8, 4) is 0 Å². The van der Waals surface area contributed by atoms with Gasteiger partial charge in [-0.3, -0.25) is 14.9 Å². The third kappa shape index (κ3) is 4.52. The molecule has 0 saturated carbocycles. The summed E-state index contributed by atoms with van der Waals surface area (Å²) in [6, 6.07) is 0.145. The summed E-state index contributed by atoms with van der Waals surface area (Å²) in [6.45, 7) is 0. The molecule has 1 rings (SSSR count). The van der Waals surface area contributed by atoms with Crippen LogP contribution in [0, 0.1) is 10.1 Å². The molecule has 1 amide bonds. The number of nitrogens with one attached hydrogen (secondary N) is 1. The van der Waals surface area contributed by atoms with Crippen LogP contribution in [0.5, 0.6) is 0 Å². The van der Waals surface area contributed by atoms with Gasteiger partial charge in [0.25, 0.3) is 5.91 Å². The highest BCUT2D eigenvalue weighted by Crippen LogP contribution is 2.22. The van der Waals surface area contributed by atoms with Gasteiger partial charge in [-0.25, -0.2) is 4.79 Å². The highest BCUT2D eigenvalue weighted by Gasteiger charge is 2.22. The summed E-state index contributed by atoms with van der Waals surface area (Å²) in [6.07, 6.45) is 2.14. The number of nitro groups is 1. The maximum absolute atomic E-state index is 11.8. The molecule has 0 aliphatic rings. The molecule has 0 spiro atoms. The Labute approximate surface area is 117 Å². The van der Waals surface area contributed by atoms with Crippen LogP contribution in [0.1, 0.15) is 16.8 Å². The number of thioether (sulfide) groups is 1. The van der Waals surface area contributed by atoms with E-state index < -0.39 is 22.8 Å². The molecule has 0 fully saturated rings. The lowest BCUT2D eigenvalue weighted by atomic mass is 10.2. The van der Waals surface area contributed by atoms with Crippen molar-refractivity contribution >= 4 is 40.0 Å². The number of amides is 1. The number of carbonyl (C=O) groups excluding carboxylic acids is 1. The molecule has 19 heavy (non-hydrogen) atoms. The quantitative estimate of drug-likeness (QED) is 0.585. The van der Waals surface area contributed by atoms with Crippen LogP contribution in [0.3, 0.4) is 0 Å². The van der Waals surface area contributed by atoms with E-state index in [1.165, 1.54) is 17.1 Å². The molecule has 104 valence electrons. The largest absolute Gasteiger partial charge is 0.480 e. The predicted molar refractivity (Wildman–Crippen MR) is 72.9 cm³/mol. The third-order valence-electron chi connectivity index (χ3n) is 2.24. The first-order valence-corrected chi connectivity index (χ1v) is 7.48. The molecule has 0 aliphatic heterocycles. The average Bonchev–Trinajstić information content (AvgIpc) is 2.83. The van der Waals surface area contributed by atoms with Crippen LogP contribution in [0.4, 0.5) is 5.00 Å². The second kappa shape index (κ2) is 7.10. The molecule has 0 bridgehead atoms. The SMILES string of the molecule is CSCC[C@H](NC(=O)c1csc([N+](=O)[O-])c1)C(=O)O. The van der Waals surface area contributed by atoms with Gasteiger partial charge in [0.1, 0.15) is 6.04 Å². The van der Waals surface area contributed by atoms with E-state index in [0.29, 0.717) is 12.2 Å². The number of nitrogens with zero attached hydrogens (tertiary/aromatic N) is 1. The number of hydrogen-bond acceptors (Lipinski definition) is 6. The van der Waals surface area contributed by atoms with Crippen LogP contribution >= 0.6 is 23.1 Å². The Morgan fingerprint density at radius 3 is 2.79 bits per heavy atom. The molecule has 1 atom stereocenters. The molecule has 2 N–H and O–H groups in total. The summed E-state index contributed by atoms with van der Waals surface area (Å²) in [7, 11) is 0. The zero-order valence-corrected chi connectivity index (χ0v) is 11.6. The van der Waals surface area contributed by atoms with Crippen LogP contribution < -0.4 is 5.32 Å². The fourth-order valence-electron chi connectivity index (χ4n) is 1.27. The van der Waals surface area contributed by atoms with Gasteiger partial charge in [0.15, 0.2) is 0 Å². The van der Waals surface area contributed by atoms with E-state index >= 15 is 0 Å². The van der Waals surface area contributed by atoms with Crippen molar-refractivity contribution in [1.82, 2.24) is 5.32 Å². The Morgan fingerprint density at radius 1 is 1.63 bits per heavy atom. The zero-order chi connectivity index (χ0) is 14.4. The molecule has 1 aromatic rings. The summed E-state index contributed by atoms with van der Waals surface area (Å²) in [5.41, 5.74) is 0.104. The van der Waals surface area contributed by atoms with E-state index in [-0.39, 0.29) is 10.6 Å². The van der Waals surface area contributed by atoms with Crippen LogP contribution in [-0.2, 0) is 4.79 Å². The number of aliphatic carboxylic acids is 1. The lowest BCUT2D eigenvalue weighted by molar-refractivity contribution is -0.380. The third-order valence-corrected chi connectivity index (χ3v) is 3.77. The molecular formula is C10H12N2O5S2. The van der Waals surface area contributed by atoms with Gasteiger partial charge < -0.3 is 10.4 Å². The smallest absolute Gasteiger partial charge is 0.326 e. The summed E-state index contributed by atoms with van der Waals surface area (Å²) < 4.78 is 0. The minimum Gasteiger partial charge on any atom is -0.480 e.